The number of pyridine rings is 1. The lowest BCUT2D eigenvalue weighted by molar-refractivity contribution is 0.0948. The fourth-order valence-electron chi connectivity index (χ4n) is 2.81. The minimum Gasteiger partial charge on any atom is -0.491 e. The van der Waals surface area contributed by atoms with E-state index in [0.717, 1.165) is 16.8 Å². The van der Waals surface area contributed by atoms with Gasteiger partial charge < -0.3 is 10.1 Å². The number of hydrogen-bond acceptors (Lipinski definition) is 3. The number of amides is 1. The lowest BCUT2D eigenvalue weighted by atomic mass is 9.86. The van der Waals surface area contributed by atoms with Crippen molar-refractivity contribution in [3.05, 3.63) is 65.5 Å². The van der Waals surface area contributed by atoms with Crippen LogP contribution in [0, 0.1) is 6.92 Å². The van der Waals surface area contributed by atoms with Gasteiger partial charge in [-0.1, -0.05) is 39.0 Å². The van der Waals surface area contributed by atoms with Crippen LogP contribution in [-0.2, 0) is 5.41 Å². The Bertz CT molecular complexity index is 922. The van der Waals surface area contributed by atoms with Gasteiger partial charge in [0.15, 0.2) is 0 Å². The molecule has 0 unspecified atom stereocenters. The van der Waals surface area contributed by atoms with Gasteiger partial charge in [0, 0.05) is 6.20 Å². The molecule has 0 aliphatic carbocycles. The number of nitrogens with one attached hydrogen (secondary N) is 1. The van der Waals surface area contributed by atoms with Crippen LogP contribution in [0.1, 0.15) is 42.3 Å². The van der Waals surface area contributed by atoms with E-state index >= 15 is 0 Å². The van der Waals surface area contributed by atoms with Gasteiger partial charge in [-0.25, -0.2) is 4.52 Å². The molecule has 0 aliphatic rings. The van der Waals surface area contributed by atoms with E-state index in [1.807, 2.05) is 37.4 Å². The average Bonchev–Trinajstić information content (AvgIpc) is 3.03. The van der Waals surface area contributed by atoms with Crippen LogP contribution in [0.3, 0.4) is 0 Å². The summed E-state index contributed by atoms with van der Waals surface area (Å²) in [6.45, 7) is 9.47. The molecule has 0 bridgehead atoms. The number of fused-ring (bicyclic) bond motifs is 1. The fourth-order valence-corrected chi connectivity index (χ4v) is 2.81. The molecule has 3 rings (SSSR count). The van der Waals surface area contributed by atoms with Crippen molar-refractivity contribution in [2.45, 2.75) is 33.1 Å². The van der Waals surface area contributed by atoms with Crippen molar-refractivity contribution in [2.24, 2.45) is 0 Å². The second kappa shape index (κ2) is 7.20. The summed E-state index contributed by atoms with van der Waals surface area (Å²) in [5, 5.41) is 7.07. The molecule has 26 heavy (non-hydrogen) atoms. The largest absolute Gasteiger partial charge is 0.491 e. The van der Waals surface area contributed by atoms with E-state index in [0.29, 0.717) is 18.7 Å². The Morgan fingerprint density at radius 3 is 2.77 bits per heavy atom. The monoisotopic (exact) mass is 351 g/mol. The van der Waals surface area contributed by atoms with Crippen molar-refractivity contribution in [3.8, 4) is 5.75 Å². The minimum atomic E-state index is -0.144. The summed E-state index contributed by atoms with van der Waals surface area (Å²) in [4.78, 5) is 12.3. The number of carbonyl (C=O) groups is 1. The highest BCUT2D eigenvalue weighted by molar-refractivity contribution is 6.00. The molecule has 1 amide bonds. The van der Waals surface area contributed by atoms with Crippen molar-refractivity contribution in [3.63, 3.8) is 0 Å². The maximum Gasteiger partial charge on any atom is 0.255 e. The third-order valence-corrected chi connectivity index (χ3v) is 4.36. The van der Waals surface area contributed by atoms with Gasteiger partial charge in [0.2, 0.25) is 0 Å². The zero-order valence-corrected chi connectivity index (χ0v) is 15.7. The Labute approximate surface area is 154 Å². The Hall–Kier alpha value is -2.82. The normalized spacial score (nSPS) is 11.5. The first kappa shape index (κ1) is 18.0. The van der Waals surface area contributed by atoms with Gasteiger partial charge in [-0.15, -0.1) is 0 Å². The van der Waals surface area contributed by atoms with E-state index < -0.39 is 0 Å². The minimum absolute atomic E-state index is 0.117. The summed E-state index contributed by atoms with van der Waals surface area (Å²) in [5.74, 6) is 0.706. The Balaban J connectivity index is 1.55. The predicted octanol–water partition coefficient (Wildman–Crippen LogP) is 3.75. The Morgan fingerprint density at radius 1 is 1.23 bits per heavy atom. The molecule has 2 heterocycles. The van der Waals surface area contributed by atoms with Crippen LogP contribution in [0.4, 0.5) is 0 Å². The molecule has 0 radical (unpaired) electrons. The molecule has 2 aromatic heterocycles. The first-order valence-corrected chi connectivity index (χ1v) is 8.81. The second-order valence-electron chi connectivity index (χ2n) is 7.42. The number of aromatic nitrogens is 2. The number of ether oxygens (including phenoxy) is 1. The van der Waals surface area contributed by atoms with Crippen molar-refractivity contribution >= 4 is 11.4 Å². The van der Waals surface area contributed by atoms with Gasteiger partial charge in [-0.3, -0.25) is 4.79 Å². The van der Waals surface area contributed by atoms with Gasteiger partial charge in [-0.05, 0) is 41.7 Å². The first-order valence-electron chi connectivity index (χ1n) is 8.81. The summed E-state index contributed by atoms with van der Waals surface area (Å²) < 4.78 is 7.51. The highest BCUT2D eigenvalue weighted by atomic mass is 16.5. The highest BCUT2D eigenvalue weighted by Crippen LogP contribution is 2.27. The van der Waals surface area contributed by atoms with Crippen molar-refractivity contribution < 1.29 is 9.53 Å². The van der Waals surface area contributed by atoms with Crippen LogP contribution in [0.5, 0.6) is 5.75 Å². The summed E-state index contributed by atoms with van der Waals surface area (Å²) in [7, 11) is 0. The molecule has 0 saturated heterocycles. The molecule has 0 spiro atoms. The van der Waals surface area contributed by atoms with E-state index in [4.69, 9.17) is 4.74 Å². The van der Waals surface area contributed by atoms with Gasteiger partial charge in [0.05, 0.1) is 23.8 Å². The molecular weight excluding hydrogens is 326 g/mol. The number of benzene rings is 1. The first-order chi connectivity index (χ1) is 12.4. The van der Waals surface area contributed by atoms with Gasteiger partial charge in [0.1, 0.15) is 12.4 Å². The van der Waals surface area contributed by atoms with Crippen LogP contribution >= 0.6 is 0 Å². The molecule has 0 aliphatic heterocycles. The Morgan fingerprint density at radius 2 is 2.04 bits per heavy atom. The summed E-state index contributed by atoms with van der Waals surface area (Å²) in [6.07, 6.45) is 3.40. The van der Waals surface area contributed by atoms with E-state index in [1.165, 1.54) is 5.56 Å². The van der Waals surface area contributed by atoms with E-state index in [2.05, 4.69) is 43.3 Å². The molecular formula is C21H25N3O2. The second-order valence-corrected chi connectivity index (χ2v) is 7.42. The number of aryl methyl sites for hydroxylation is 1. The maximum absolute atomic E-state index is 12.3. The lowest BCUT2D eigenvalue weighted by Crippen LogP contribution is -2.28. The maximum atomic E-state index is 12.3. The zero-order valence-electron chi connectivity index (χ0n) is 15.7. The molecule has 136 valence electrons. The van der Waals surface area contributed by atoms with Gasteiger partial charge in [0.25, 0.3) is 5.91 Å². The summed E-state index contributed by atoms with van der Waals surface area (Å²) in [5.41, 5.74) is 3.86. The number of nitrogens with zero attached hydrogens (tertiary/aromatic N) is 2. The van der Waals surface area contributed by atoms with Crippen molar-refractivity contribution in [2.75, 3.05) is 13.2 Å². The number of carbonyl (C=O) groups excluding carboxylic acids is 1. The average molecular weight is 351 g/mol. The quantitative estimate of drug-likeness (QED) is 0.712. The molecule has 5 heteroatoms. The molecule has 0 saturated carbocycles. The van der Waals surface area contributed by atoms with Gasteiger partial charge in [-0.2, -0.15) is 5.10 Å². The topological polar surface area (TPSA) is 55.6 Å². The van der Waals surface area contributed by atoms with Crippen LogP contribution in [0.25, 0.3) is 5.52 Å². The van der Waals surface area contributed by atoms with E-state index in [9.17, 15) is 4.79 Å². The van der Waals surface area contributed by atoms with E-state index in [1.54, 1.807) is 10.7 Å². The molecule has 3 aromatic rings. The SMILES string of the molecule is Cc1cc(C(C)(C)C)ccc1OCCNC(=O)c1cnn2ccccc12. The number of hydrogen-bond donors (Lipinski definition) is 1. The van der Waals surface area contributed by atoms with Crippen LogP contribution in [0.15, 0.2) is 48.8 Å². The third-order valence-electron chi connectivity index (χ3n) is 4.36. The van der Waals surface area contributed by atoms with Gasteiger partial charge >= 0.3 is 0 Å². The Kier molecular flexibility index (Phi) is 4.98. The van der Waals surface area contributed by atoms with Crippen molar-refractivity contribution in [1.82, 2.24) is 14.9 Å². The summed E-state index contributed by atoms with van der Waals surface area (Å²) >= 11 is 0. The van der Waals surface area contributed by atoms with Crippen LogP contribution < -0.4 is 10.1 Å². The third kappa shape index (κ3) is 3.87. The molecule has 1 aromatic carbocycles. The van der Waals surface area contributed by atoms with Crippen LogP contribution in [0.2, 0.25) is 0 Å². The smallest absolute Gasteiger partial charge is 0.255 e. The molecule has 0 atom stereocenters. The summed E-state index contributed by atoms with van der Waals surface area (Å²) in [6, 6.07) is 11.9. The predicted molar refractivity (Wildman–Crippen MR) is 103 cm³/mol. The lowest BCUT2D eigenvalue weighted by Gasteiger charge is -2.20. The van der Waals surface area contributed by atoms with Crippen molar-refractivity contribution in [1.29, 1.82) is 0 Å². The highest BCUT2D eigenvalue weighted by Gasteiger charge is 2.15. The fraction of sp³-hybridized carbons (Fsp3) is 0.333. The molecule has 0 fully saturated rings. The molecule has 5 nitrogen and oxygen atoms in total. The number of rotatable bonds is 5. The molecule has 1 N–H and O–H groups in total. The van der Waals surface area contributed by atoms with E-state index in [-0.39, 0.29) is 11.3 Å². The zero-order chi connectivity index (χ0) is 18.7. The standard InChI is InChI=1S/C21H25N3O2/c1-15-13-16(21(2,3)4)8-9-19(15)26-12-10-22-20(25)17-14-23-24-11-6-5-7-18(17)24/h5-9,11,13-14H,10,12H2,1-4H3,(H,22,25). The van der Waals surface area contributed by atoms with Crippen LogP contribution in [-0.4, -0.2) is 28.7 Å².